The quantitative estimate of drug-likeness (QED) is 0.455. The van der Waals surface area contributed by atoms with Gasteiger partial charge in [0, 0.05) is 0 Å². The summed E-state index contributed by atoms with van der Waals surface area (Å²) in [6.45, 7) is 4.27. The van der Waals surface area contributed by atoms with E-state index in [-0.39, 0.29) is 0 Å². The number of hydrogen-bond donors (Lipinski definition) is 4. The minimum Gasteiger partial charge on any atom is -0.480 e. The average Bonchev–Trinajstić information content (AvgIpc) is 2.16. The van der Waals surface area contributed by atoms with Crippen molar-refractivity contribution in [3.05, 3.63) is 0 Å². The van der Waals surface area contributed by atoms with E-state index in [1.807, 2.05) is 0 Å². The lowest BCUT2D eigenvalue weighted by atomic mass is 10.2. The van der Waals surface area contributed by atoms with Gasteiger partial charge in [0.2, 0.25) is 11.8 Å². The van der Waals surface area contributed by atoms with Crippen molar-refractivity contribution in [2.45, 2.75) is 38.9 Å². The van der Waals surface area contributed by atoms with Crippen LogP contribution in [0.5, 0.6) is 0 Å². The summed E-state index contributed by atoms with van der Waals surface area (Å²) in [6, 6.07) is -2.53. The van der Waals surface area contributed by atoms with E-state index in [0.717, 1.165) is 0 Å². The first-order chi connectivity index (χ1) is 7.25. The fourth-order valence-electron chi connectivity index (χ4n) is 0.811. The second-order valence-electron chi connectivity index (χ2n) is 3.59. The molecule has 0 aliphatic rings. The molecule has 7 nitrogen and oxygen atoms in total. The summed E-state index contributed by atoms with van der Waals surface area (Å²) in [7, 11) is 0. The number of nitrogens with one attached hydrogen (secondary N) is 2. The highest BCUT2D eigenvalue weighted by Gasteiger charge is 2.21. The Morgan fingerprint density at radius 2 is 1.44 bits per heavy atom. The summed E-state index contributed by atoms with van der Waals surface area (Å²) in [5.41, 5.74) is 5.30. The van der Waals surface area contributed by atoms with Crippen molar-refractivity contribution in [3.63, 3.8) is 0 Å². The van der Waals surface area contributed by atoms with E-state index in [2.05, 4.69) is 10.6 Å². The molecule has 0 saturated carbocycles. The molecule has 0 bridgehead atoms. The van der Waals surface area contributed by atoms with E-state index < -0.39 is 35.9 Å². The molecule has 0 heterocycles. The third kappa shape index (κ3) is 4.74. The lowest BCUT2D eigenvalue weighted by Gasteiger charge is -2.17. The molecule has 0 aromatic rings. The Balaban J connectivity index is 4.19. The van der Waals surface area contributed by atoms with Crippen molar-refractivity contribution in [1.82, 2.24) is 10.6 Å². The highest BCUT2D eigenvalue weighted by atomic mass is 16.4. The number of hydrogen-bond acceptors (Lipinski definition) is 4. The van der Waals surface area contributed by atoms with Crippen molar-refractivity contribution in [1.29, 1.82) is 0 Å². The van der Waals surface area contributed by atoms with Gasteiger partial charge in [0.15, 0.2) is 0 Å². The van der Waals surface area contributed by atoms with Gasteiger partial charge >= 0.3 is 5.97 Å². The van der Waals surface area contributed by atoms with Gasteiger partial charge in [-0.3, -0.25) is 14.4 Å². The average molecular weight is 231 g/mol. The van der Waals surface area contributed by atoms with Gasteiger partial charge < -0.3 is 21.5 Å². The molecule has 0 aromatic carbocycles. The van der Waals surface area contributed by atoms with Crippen LogP contribution < -0.4 is 16.4 Å². The fourth-order valence-corrected chi connectivity index (χ4v) is 0.811. The molecule has 0 saturated heterocycles. The molecule has 0 aromatic heterocycles. The second-order valence-corrected chi connectivity index (χ2v) is 3.59. The molecular formula is C9H17N3O4. The molecule has 0 spiro atoms. The van der Waals surface area contributed by atoms with E-state index in [0.29, 0.717) is 0 Å². The minimum absolute atomic E-state index is 0.467. The Morgan fingerprint density at radius 1 is 1.00 bits per heavy atom. The molecule has 7 heteroatoms. The van der Waals surface area contributed by atoms with Crippen LogP contribution in [0.1, 0.15) is 20.8 Å². The van der Waals surface area contributed by atoms with E-state index in [1.54, 1.807) is 0 Å². The molecule has 0 rings (SSSR count). The monoisotopic (exact) mass is 231 g/mol. The van der Waals surface area contributed by atoms with Crippen molar-refractivity contribution < 1.29 is 19.5 Å². The molecular weight excluding hydrogens is 214 g/mol. The number of amides is 2. The van der Waals surface area contributed by atoms with E-state index in [1.165, 1.54) is 20.8 Å². The Bertz CT molecular complexity index is 290. The first-order valence-electron chi connectivity index (χ1n) is 4.84. The van der Waals surface area contributed by atoms with Crippen LogP contribution in [0.2, 0.25) is 0 Å². The molecule has 5 N–H and O–H groups in total. The SMILES string of the molecule is C[C@H](NC(=O)[C@H](C)NC(=O)[C@@H](C)N)C(=O)O. The van der Waals surface area contributed by atoms with E-state index in [4.69, 9.17) is 10.8 Å². The summed E-state index contributed by atoms with van der Waals surface area (Å²) in [5.74, 6) is -2.17. The standard InChI is InChI=1S/C9H17N3O4/c1-4(10)7(13)11-5(2)8(14)12-6(3)9(15)16/h4-6H,10H2,1-3H3,(H,11,13)(H,12,14)(H,15,16)/t4-,5+,6+/m1/s1. The molecule has 0 fully saturated rings. The number of rotatable bonds is 5. The Labute approximate surface area is 93.4 Å². The smallest absolute Gasteiger partial charge is 0.325 e. The Morgan fingerprint density at radius 3 is 1.81 bits per heavy atom. The second kappa shape index (κ2) is 6.06. The van der Waals surface area contributed by atoms with Gasteiger partial charge in [0.05, 0.1) is 6.04 Å². The highest BCUT2D eigenvalue weighted by Crippen LogP contribution is 1.88. The number of carboxylic acids is 1. The van der Waals surface area contributed by atoms with Gasteiger partial charge in [-0.05, 0) is 20.8 Å². The Hall–Kier alpha value is -1.63. The van der Waals surface area contributed by atoms with Gasteiger partial charge in [-0.25, -0.2) is 0 Å². The van der Waals surface area contributed by atoms with Crippen LogP contribution in [0.15, 0.2) is 0 Å². The zero-order valence-electron chi connectivity index (χ0n) is 9.48. The summed E-state index contributed by atoms with van der Waals surface area (Å²) in [4.78, 5) is 33.0. The Kier molecular flexibility index (Phi) is 5.44. The van der Waals surface area contributed by atoms with Gasteiger partial charge in [0.1, 0.15) is 12.1 Å². The molecule has 0 radical (unpaired) electrons. The molecule has 0 aliphatic heterocycles. The molecule has 3 atom stereocenters. The van der Waals surface area contributed by atoms with Crippen molar-refractivity contribution in [2.24, 2.45) is 5.73 Å². The molecule has 0 unspecified atom stereocenters. The molecule has 16 heavy (non-hydrogen) atoms. The van der Waals surface area contributed by atoms with Crippen molar-refractivity contribution >= 4 is 17.8 Å². The van der Waals surface area contributed by atoms with Crippen LogP contribution in [-0.4, -0.2) is 41.0 Å². The predicted octanol–water partition coefficient (Wildman–Crippen LogP) is -1.57. The van der Waals surface area contributed by atoms with Gasteiger partial charge in [0.25, 0.3) is 0 Å². The first kappa shape index (κ1) is 14.4. The number of carbonyl (C=O) groups is 3. The summed E-state index contributed by atoms with van der Waals surface area (Å²) in [5, 5.41) is 13.1. The van der Waals surface area contributed by atoms with Crippen molar-refractivity contribution in [2.75, 3.05) is 0 Å². The third-order valence-electron chi connectivity index (χ3n) is 1.89. The number of carboxylic acid groups (broad SMARTS) is 1. The zero-order valence-corrected chi connectivity index (χ0v) is 9.48. The summed E-state index contributed by atoms with van der Waals surface area (Å²) >= 11 is 0. The van der Waals surface area contributed by atoms with Gasteiger partial charge in [-0.15, -0.1) is 0 Å². The molecule has 0 aliphatic carbocycles. The summed E-state index contributed by atoms with van der Waals surface area (Å²) in [6.07, 6.45) is 0. The maximum Gasteiger partial charge on any atom is 0.325 e. The maximum absolute atomic E-state index is 11.4. The fraction of sp³-hybridized carbons (Fsp3) is 0.667. The largest absolute Gasteiger partial charge is 0.480 e. The minimum atomic E-state index is -1.14. The van der Waals surface area contributed by atoms with Gasteiger partial charge in [-0.2, -0.15) is 0 Å². The predicted molar refractivity (Wildman–Crippen MR) is 56.5 cm³/mol. The number of carbonyl (C=O) groups excluding carboxylic acids is 2. The van der Waals surface area contributed by atoms with Gasteiger partial charge in [-0.1, -0.05) is 0 Å². The lowest BCUT2D eigenvalue weighted by molar-refractivity contribution is -0.141. The normalized spacial score (nSPS) is 15.8. The number of aliphatic carboxylic acids is 1. The van der Waals surface area contributed by atoms with E-state index >= 15 is 0 Å². The lowest BCUT2D eigenvalue weighted by Crippen LogP contribution is -2.52. The highest BCUT2D eigenvalue weighted by molar-refractivity contribution is 5.91. The van der Waals surface area contributed by atoms with Crippen LogP contribution in [0.4, 0.5) is 0 Å². The van der Waals surface area contributed by atoms with Crippen LogP contribution in [0, 0.1) is 0 Å². The van der Waals surface area contributed by atoms with Crippen LogP contribution >= 0.6 is 0 Å². The van der Waals surface area contributed by atoms with Crippen LogP contribution in [-0.2, 0) is 14.4 Å². The maximum atomic E-state index is 11.4. The first-order valence-corrected chi connectivity index (χ1v) is 4.84. The van der Waals surface area contributed by atoms with Crippen LogP contribution in [0.3, 0.4) is 0 Å². The van der Waals surface area contributed by atoms with E-state index in [9.17, 15) is 14.4 Å². The third-order valence-corrected chi connectivity index (χ3v) is 1.89. The summed E-state index contributed by atoms with van der Waals surface area (Å²) < 4.78 is 0. The zero-order chi connectivity index (χ0) is 12.9. The molecule has 2 amide bonds. The van der Waals surface area contributed by atoms with Crippen molar-refractivity contribution in [3.8, 4) is 0 Å². The van der Waals surface area contributed by atoms with Crippen LogP contribution in [0.25, 0.3) is 0 Å². The topological polar surface area (TPSA) is 122 Å². The molecule has 92 valence electrons. The number of nitrogens with two attached hydrogens (primary N) is 1.